The lowest BCUT2D eigenvalue weighted by Crippen LogP contribution is -2.40. The van der Waals surface area contributed by atoms with E-state index >= 15 is 0 Å². The van der Waals surface area contributed by atoms with E-state index in [0.717, 1.165) is 43.9 Å². The van der Waals surface area contributed by atoms with Gasteiger partial charge < -0.3 is 20.7 Å². The summed E-state index contributed by atoms with van der Waals surface area (Å²) in [5, 5.41) is 3.50. The molecule has 0 atom stereocenters. The van der Waals surface area contributed by atoms with Crippen LogP contribution in [-0.4, -0.2) is 50.1 Å². The van der Waals surface area contributed by atoms with Crippen molar-refractivity contribution in [2.24, 2.45) is 10.7 Å². The first kappa shape index (κ1) is 22.5. The molecule has 156 valence electrons. The van der Waals surface area contributed by atoms with Gasteiger partial charge in [-0.2, -0.15) is 0 Å². The number of hydrogen-bond donors (Lipinski definition) is 2. The zero-order chi connectivity index (χ0) is 20.7. The average molecular weight is 409 g/mol. The second-order valence-electron chi connectivity index (χ2n) is 7.45. The Bertz CT molecular complexity index is 700. The number of amides is 1. The number of amidine groups is 1. The lowest BCUT2D eigenvalue weighted by Gasteiger charge is -2.36. The number of ether oxygens (including phenoxy) is 1. The lowest BCUT2D eigenvalue weighted by atomic mass is 10.0. The van der Waals surface area contributed by atoms with Gasteiger partial charge >= 0.3 is 0 Å². The van der Waals surface area contributed by atoms with Gasteiger partial charge in [0.25, 0.3) is 5.91 Å². The Morgan fingerprint density at radius 1 is 1.39 bits per heavy atom. The third-order valence-corrected chi connectivity index (χ3v) is 5.18. The largest absolute Gasteiger partial charge is 0.387 e. The number of carbonyl (C=O) groups is 1. The van der Waals surface area contributed by atoms with E-state index in [4.69, 9.17) is 22.1 Å². The molecule has 0 saturated carbocycles. The molecule has 1 aliphatic rings. The molecule has 0 radical (unpaired) electrons. The van der Waals surface area contributed by atoms with E-state index in [1.54, 1.807) is 6.07 Å². The Morgan fingerprint density at radius 2 is 2.07 bits per heavy atom. The maximum atomic E-state index is 12.8. The summed E-state index contributed by atoms with van der Waals surface area (Å²) >= 11 is 6.38. The first-order valence-corrected chi connectivity index (χ1v) is 10.5. The summed E-state index contributed by atoms with van der Waals surface area (Å²) in [5.74, 6) is 0.414. The molecule has 6 nitrogen and oxygen atoms in total. The van der Waals surface area contributed by atoms with E-state index in [2.05, 4.69) is 22.1 Å². The fourth-order valence-electron chi connectivity index (χ4n) is 3.62. The van der Waals surface area contributed by atoms with Gasteiger partial charge in [0.2, 0.25) is 0 Å². The van der Waals surface area contributed by atoms with Crippen LogP contribution in [0.5, 0.6) is 0 Å². The van der Waals surface area contributed by atoms with Crippen molar-refractivity contribution in [3.8, 4) is 0 Å². The molecule has 0 bridgehead atoms. The second kappa shape index (κ2) is 10.7. The van der Waals surface area contributed by atoms with Gasteiger partial charge in [0.1, 0.15) is 0 Å². The van der Waals surface area contributed by atoms with Crippen molar-refractivity contribution < 1.29 is 9.53 Å². The van der Waals surface area contributed by atoms with E-state index < -0.39 is 0 Å². The highest BCUT2D eigenvalue weighted by Crippen LogP contribution is 2.31. The molecule has 1 saturated heterocycles. The van der Waals surface area contributed by atoms with E-state index in [9.17, 15) is 4.79 Å². The highest BCUT2D eigenvalue weighted by Gasteiger charge is 2.24. The summed E-state index contributed by atoms with van der Waals surface area (Å²) in [7, 11) is 0. The van der Waals surface area contributed by atoms with E-state index in [0.29, 0.717) is 35.4 Å². The Hall–Kier alpha value is -1.79. The van der Waals surface area contributed by atoms with E-state index in [1.807, 2.05) is 26.8 Å². The van der Waals surface area contributed by atoms with Crippen LogP contribution in [0.2, 0.25) is 5.02 Å². The molecule has 1 aromatic rings. The van der Waals surface area contributed by atoms with Crippen LogP contribution >= 0.6 is 11.6 Å². The predicted octanol–water partition coefficient (Wildman–Crippen LogP) is 3.54. The number of benzene rings is 1. The predicted molar refractivity (Wildman–Crippen MR) is 117 cm³/mol. The molecule has 1 aliphatic heterocycles. The van der Waals surface area contributed by atoms with Gasteiger partial charge in [0.15, 0.2) is 0 Å². The number of hydrogen-bond acceptors (Lipinski definition) is 4. The molecule has 7 heteroatoms. The molecule has 0 aliphatic carbocycles. The first-order valence-electron chi connectivity index (χ1n) is 10.1. The minimum absolute atomic E-state index is 0.137. The molecule has 1 aromatic carbocycles. The molecule has 0 spiro atoms. The number of anilines is 1. The minimum atomic E-state index is -0.137. The first-order chi connectivity index (χ1) is 13.3. The number of nitrogens with zero attached hydrogens (tertiary/aromatic N) is 2. The van der Waals surface area contributed by atoms with Crippen LogP contribution in [-0.2, 0) is 4.74 Å². The van der Waals surface area contributed by atoms with Gasteiger partial charge in [-0.05, 0) is 58.2 Å². The topological polar surface area (TPSA) is 80.0 Å². The van der Waals surface area contributed by atoms with Crippen LogP contribution in [0.4, 0.5) is 5.69 Å². The summed E-state index contributed by atoms with van der Waals surface area (Å²) in [4.78, 5) is 19.4. The van der Waals surface area contributed by atoms with Crippen molar-refractivity contribution in [2.45, 2.75) is 59.0 Å². The van der Waals surface area contributed by atoms with Crippen molar-refractivity contribution in [2.75, 3.05) is 31.2 Å². The second-order valence-corrected chi connectivity index (χ2v) is 7.88. The maximum absolute atomic E-state index is 12.8. The fraction of sp³-hybridized carbons (Fsp3) is 0.619. The van der Waals surface area contributed by atoms with Crippen LogP contribution < -0.4 is 16.0 Å². The van der Waals surface area contributed by atoms with Crippen molar-refractivity contribution in [1.29, 1.82) is 0 Å². The van der Waals surface area contributed by atoms with Gasteiger partial charge in [-0.15, -0.1) is 0 Å². The van der Waals surface area contributed by atoms with Crippen molar-refractivity contribution in [1.82, 2.24) is 5.32 Å². The van der Waals surface area contributed by atoms with Crippen LogP contribution in [0.25, 0.3) is 0 Å². The zero-order valence-electron chi connectivity index (χ0n) is 17.4. The van der Waals surface area contributed by atoms with Crippen molar-refractivity contribution >= 4 is 29.0 Å². The number of aliphatic imine (C=N–C) groups is 1. The maximum Gasteiger partial charge on any atom is 0.251 e. The SMILES string of the molecule is CCN(c1cc(Cl)cc(C(=O)NCCC(N)=NC(C)C)c1C)C1CCOCC1. The van der Waals surface area contributed by atoms with E-state index in [-0.39, 0.29) is 11.9 Å². The molecule has 1 amide bonds. The Balaban J connectivity index is 2.15. The third-order valence-electron chi connectivity index (χ3n) is 4.96. The number of halogens is 1. The molecular weight excluding hydrogens is 376 g/mol. The van der Waals surface area contributed by atoms with Crippen LogP contribution in [0, 0.1) is 6.92 Å². The quantitative estimate of drug-likeness (QED) is 0.509. The fourth-order valence-corrected chi connectivity index (χ4v) is 3.83. The van der Waals surface area contributed by atoms with Crippen LogP contribution in [0.3, 0.4) is 0 Å². The van der Waals surface area contributed by atoms with E-state index in [1.165, 1.54) is 0 Å². The lowest BCUT2D eigenvalue weighted by molar-refractivity contribution is 0.0846. The zero-order valence-corrected chi connectivity index (χ0v) is 18.2. The normalized spacial score (nSPS) is 15.7. The summed E-state index contributed by atoms with van der Waals surface area (Å²) in [6, 6.07) is 4.25. The molecule has 1 fully saturated rings. The molecule has 0 aromatic heterocycles. The average Bonchev–Trinajstić information content (AvgIpc) is 2.65. The Morgan fingerprint density at radius 3 is 2.68 bits per heavy atom. The monoisotopic (exact) mass is 408 g/mol. The smallest absolute Gasteiger partial charge is 0.251 e. The molecule has 3 N–H and O–H groups in total. The summed E-state index contributed by atoms with van der Waals surface area (Å²) < 4.78 is 5.50. The Kier molecular flexibility index (Phi) is 8.58. The summed E-state index contributed by atoms with van der Waals surface area (Å²) in [6.45, 7) is 10.9. The molecule has 0 unspecified atom stereocenters. The van der Waals surface area contributed by atoms with Gasteiger partial charge in [0.05, 0.1) is 5.84 Å². The van der Waals surface area contributed by atoms with Gasteiger partial charge in [-0.1, -0.05) is 11.6 Å². The molecule has 2 rings (SSSR count). The highest BCUT2D eigenvalue weighted by molar-refractivity contribution is 6.31. The van der Waals surface area contributed by atoms with Crippen molar-refractivity contribution in [3.05, 3.63) is 28.3 Å². The molecule has 1 heterocycles. The molecular formula is C21H33ClN4O2. The third kappa shape index (κ3) is 6.11. The number of rotatable bonds is 8. The van der Waals surface area contributed by atoms with Crippen molar-refractivity contribution in [3.63, 3.8) is 0 Å². The Labute approximate surface area is 173 Å². The van der Waals surface area contributed by atoms with Crippen LogP contribution in [0.15, 0.2) is 17.1 Å². The summed E-state index contributed by atoms with van der Waals surface area (Å²) in [5.41, 5.74) is 8.45. The highest BCUT2D eigenvalue weighted by atomic mass is 35.5. The van der Waals surface area contributed by atoms with Gasteiger partial charge in [-0.25, -0.2) is 0 Å². The van der Waals surface area contributed by atoms with Gasteiger partial charge in [0, 0.05) is 61.1 Å². The minimum Gasteiger partial charge on any atom is -0.387 e. The number of carbonyl (C=O) groups excluding carboxylic acids is 1. The molecule has 28 heavy (non-hydrogen) atoms. The van der Waals surface area contributed by atoms with Gasteiger partial charge in [-0.3, -0.25) is 9.79 Å². The standard InChI is InChI=1S/C21H33ClN4O2/c1-5-26(17-7-10-28-11-8-17)19-13-16(22)12-18(15(19)4)21(27)24-9-6-20(23)25-14(2)3/h12-14,17H,5-11H2,1-4H3,(H2,23,25)(H,24,27). The number of nitrogens with one attached hydrogen (secondary N) is 1. The number of nitrogens with two attached hydrogens (primary N) is 1. The van der Waals surface area contributed by atoms with Crippen LogP contribution in [0.1, 0.15) is 56.0 Å². The summed E-state index contributed by atoms with van der Waals surface area (Å²) in [6.07, 6.45) is 2.49.